The van der Waals surface area contributed by atoms with Crippen LogP contribution in [0.25, 0.3) is 0 Å². The van der Waals surface area contributed by atoms with Gasteiger partial charge in [-0.3, -0.25) is 4.79 Å². The Morgan fingerprint density at radius 1 is 1.25 bits per heavy atom. The molecule has 0 fully saturated rings. The second-order valence-electron chi connectivity index (χ2n) is 6.05. The lowest BCUT2D eigenvalue weighted by Gasteiger charge is -2.27. The number of benzene rings is 1. The second kappa shape index (κ2) is 7.04. The zero-order valence-electron chi connectivity index (χ0n) is 13.1. The first kappa shape index (κ1) is 16.9. The number of esters is 1. The number of aliphatic hydroxyl groups is 1. The predicted octanol–water partition coefficient (Wildman–Crippen LogP) is 2.85. The third-order valence-corrected chi connectivity index (χ3v) is 5.57. The Kier molecular flexibility index (Phi) is 5.96. The smallest absolute Gasteiger partial charge is 0.311 e. The minimum Gasteiger partial charge on any atom is -0.466 e. The molecule has 0 aromatic heterocycles. The molecule has 0 unspecified atom stereocenters. The maximum atomic E-state index is 12.0. The van der Waals surface area contributed by atoms with E-state index in [4.69, 9.17) is 4.74 Å². The lowest BCUT2D eigenvalue weighted by atomic mass is 9.93. The van der Waals surface area contributed by atoms with E-state index in [1.807, 2.05) is 25.1 Å². The average Bonchev–Trinajstić information content (AvgIpc) is 2.38. The fourth-order valence-corrected chi connectivity index (χ4v) is 4.12. The van der Waals surface area contributed by atoms with Crippen LogP contribution in [-0.2, 0) is 9.53 Å². The molecule has 20 heavy (non-hydrogen) atoms. The highest BCUT2D eigenvalue weighted by molar-refractivity contribution is 6.89. The van der Waals surface area contributed by atoms with Gasteiger partial charge in [-0.1, -0.05) is 56.0 Å². The summed E-state index contributed by atoms with van der Waals surface area (Å²) < 4.78 is 5.08. The molecule has 0 radical (unpaired) electrons. The highest BCUT2D eigenvalue weighted by Crippen LogP contribution is 2.26. The SMILES string of the molecule is CCOC(=O)[C@H](CC)[C@@H](O)c1ccccc1[Si](C)(C)C. The lowest BCUT2D eigenvalue weighted by Crippen LogP contribution is -2.42. The quantitative estimate of drug-likeness (QED) is 0.648. The molecule has 0 heterocycles. The summed E-state index contributed by atoms with van der Waals surface area (Å²) in [6.07, 6.45) is -0.220. The molecule has 0 aliphatic carbocycles. The van der Waals surface area contributed by atoms with E-state index in [2.05, 4.69) is 25.7 Å². The molecule has 3 nitrogen and oxygen atoms in total. The van der Waals surface area contributed by atoms with Crippen molar-refractivity contribution >= 4 is 19.2 Å². The van der Waals surface area contributed by atoms with E-state index in [1.54, 1.807) is 6.92 Å². The maximum Gasteiger partial charge on any atom is 0.311 e. The summed E-state index contributed by atoms with van der Waals surface area (Å²) in [5.41, 5.74) is 0.881. The van der Waals surface area contributed by atoms with E-state index in [1.165, 1.54) is 5.19 Å². The van der Waals surface area contributed by atoms with Crippen molar-refractivity contribution in [2.75, 3.05) is 6.61 Å². The molecule has 0 bridgehead atoms. The van der Waals surface area contributed by atoms with Crippen LogP contribution in [0.15, 0.2) is 24.3 Å². The van der Waals surface area contributed by atoms with Gasteiger partial charge in [-0.2, -0.15) is 0 Å². The largest absolute Gasteiger partial charge is 0.466 e. The summed E-state index contributed by atoms with van der Waals surface area (Å²) in [5.74, 6) is -0.805. The molecule has 1 aromatic carbocycles. The van der Waals surface area contributed by atoms with Crippen LogP contribution >= 0.6 is 0 Å². The van der Waals surface area contributed by atoms with Gasteiger partial charge in [0.1, 0.15) is 0 Å². The molecule has 1 rings (SSSR count). The highest BCUT2D eigenvalue weighted by atomic mass is 28.3. The Morgan fingerprint density at radius 2 is 1.85 bits per heavy atom. The normalized spacial score (nSPS) is 14.7. The van der Waals surface area contributed by atoms with E-state index >= 15 is 0 Å². The fourth-order valence-electron chi connectivity index (χ4n) is 2.42. The summed E-state index contributed by atoms with van der Waals surface area (Å²) in [6.45, 7) is 10.8. The Labute approximate surface area is 123 Å². The third-order valence-electron chi connectivity index (χ3n) is 3.50. The average molecular weight is 294 g/mol. The van der Waals surface area contributed by atoms with Crippen molar-refractivity contribution in [3.05, 3.63) is 29.8 Å². The number of hydrogen-bond donors (Lipinski definition) is 1. The van der Waals surface area contributed by atoms with Gasteiger partial charge in [0.05, 0.1) is 26.7 Å². The van der Waals surface area contributed by atoms with Gasteiger partial charge in [0.15, 0.2) is 0 Å². The summed E-state index contributed by atoms with van der Waals surface area (Å²) in [4.78, 5) is 12.0. The fraction of sp³-hybridized carbons (Fsp3) is 0.562. The summed E-state index contributed by atoms with van der Waals surface area (Å²) in [6, 6.07) is 7.91. The minimum absolute atomic E-state index is 0.312. The van der Waals surface area contributed by atoms with Crippen LogP contribution in [-0.4, -0.2) is 25.8 Å². The van der Waals surface area contributed by atoms with Crippen molar-refractivity contribution in [2.45, 2.75) is 46.0 Å². The monoisotopic (exact) mass is 294 g/mol. The number of carbonyl (C=O) groups is 1. The Bertz CT molecular complexity index is 451. The van der Waals surface area contributed by atoms with Crippen LogP contribution in [0, 0.1) is 5.92 Å². The Morgan fingerprint density at radius 3 is 2.35 bits per heavy atom. The zero-order chi connectivity index (χ0) is 15.3. The molecular weight excluding hydrogens is 268 g/mol. The molecule has 0 saturated heterocycles. The van der Waals surface area contributed by atoms with Gasteiger partial charge >= 0.3 is 5.97 Å². The number of ether oxygens (including phenoxy) is 1. The molecule has 1 aromatic rings. The van der Waals surface area contributed by atoms with Gasteiger partial charge in [0, 0.05) is 0 Å². The van der Waals surface area contributed by atoms with Crippen molar-refractivity contribution in [2.24, 2.45) is 5.92 Å². The van der Waals surface area contributed by atoms with Gasteiger partial charge < -0.3 is 9.84 Å². The predicted molar refractivity (Wildman–Crippen MR) is 84.8 cm³/mol. The summed E-state index contributed by atoms with van der Waals surface area (Å²) in [5, 5.41) is 11.8. The number of hydrogen-bond acceptors (Lipinski definition) is 3. The van der Waals surface area contributed by atoms with Gasteiger partial charge in [-0.05, 0) is 18.9 Å². The number of rotatable bonds is 6. The topological polar surface area (TPSA) is 46.5 Å². The molecule has 112 valence electrons. The molecule has 2 atom stereocenters. The maximum absolute atomic E-state index is 12.0. The molecule has 0 aliphatic heterocycles. The Balaban J connectivity index is 3.13. The first-order chi connectivity index (χ1) is 9.32. The van der Waals surface area contributed by atoms with E-state index in [9.17, 15) is 9.90 Å². The summed E-state index contributed by atoms with van der Waals surface area (Å²) >= 11 is 0. The first-order valence-corrected chi connectivity index (χ1v) is 10.8. The van der Waals surface area contributed by atoms with Crippen molar-refractivity contribution in [1.29, 1.82) is 0 Å². The van der Waals surface area contributed by atoms with Crippen LogP contribution in [0.4, 0.5) is 0 Å². The molecular formula is C16H26O3Si. The number of aliphatic hydroxyl groups excluding tert-OH is 1. The van der Waals surface area contributed by atoms with Crippen LogP contribution in [0.5, 0.6) is 0 Å². The Hall–Kier alpha value is -1.13. The summed E-state index contributed by atoms with van der Waals surface area (Å²) in [7, 11) is -1.56. The van der Waals surface area contributed by atoms with Crippen molar-refractivity contribution in [3.63, 3.8) is 0 Å². The molecule has 0 amide bonds. The van der Waals surface area contributed by atoms with Gasteiger partial charge in [0.25, 0.3) is 0 Å². The number of carbonyl (C=O) groups excluding carboxylic acids is 1. The van der Waals surface area contributed by atoms with Crippen LogP contribution in [0.1, 0.15) is 31.9 Å². The van der Waals surface area contributed by atoms with E-state index < -0.39 is 20.1 Å². The van der Waals surface area contributed by atoms with E-state index in [0.29, 0.717) is 13.0 Å². The highest BCUT2D eigenvalue weighted by Gasteiger charge is 2.31. The van der Waals surface area contributed by atoms with Crippen LogP contribution in [0.2, 0.25) is 19.6 Å². The van der Waals surface area contributed by atoms with E-state index in [0.717, 1.165) is 5.56 Å². The third kappa shape index (κ3) is 3.93. The molecule has 0 aliphatic rings. The van der Waals surface area contributed by atoms with Crippen molar-refractivity contribution in [1.82, 2.24) is 0 Å². The molecule has 4 heteroatoms. The van der Waals surface area contributed by atoms with Gasteiger partial charge in [0.2, 0.25) is 0 Å². The van der Waals surface area contributed by atoms with Crippen molar-refractivity contribution in [3.8, 4) is 0 Å². The second-order valence-corrected chi connectivity index (χ2v) is 11.1. The van der Waals surface area contributed by atoms with Gasteiger partial charge in [-0.25, -0.2) is 0 Å². The standard InChI is InChI=1S/C16H26O3Si/c1-6-12(16(18)19-7-2)15(17)13-10-8-9-11-14(13)20(3,4)5/h8-12,15,17H,6-7H2,1-5H3/t12-,15-/m1/s1. The lowest BCUT2D eigenvalue weighted by molar-refractivity contribution is -0.152. The molecule has 0 saturated carbocycles. The first-order valence-electron chi connectivity index (χ1n) is 7.27. The zero-order valence-corrected chi connectivity index (χ0v) is 14.1. The molecule has 0 spiro atoms. The van der Waals surface area contributed by atoms with Crippen LogP contribution in [0.3, 0.4) is 0 Å². The molecule has 1 N–H and O–H groups in total. The minimum atomic E-state index is -1.56. The van der Waals surface area contributed by atoms with Gasteiger partial charge in [-0.15, -0.1) is 0 Å². The van der Waals surface area contributed by atoms with E-state index in [-0.39, 0.29) is 5.97 Å². The van der Waals surface area contributed by atoms with Crippen LogP contribution < -0.4 is 5.19 Å². The van der Waals surface area contributed by atoms with Crippen molar-refractivity contribution < 1.29 is 14.6 Å².